The summed E-state index contributed by atoms with van der Waals surface area (Å²) < 4.78 is 55.9. The van der Waals surface area contributed by atoms with Gasteiger partial charge in [0.25, 0.3) is 0 Å². The molecule has 0 aromatic rings. The second kappa shape index (κ2) is 7.07. The Bertz CT molecular complexity index is 400. The second-order valence-electron chi connectivity index (χ2n) is 3.43. The molecule has 122 valence electrons. The van der Waals surface area contributed by atoms with Crippen LogP contribution < -0.4 is 0 Å². The van der Waals surface area contributed by atoms with E-state index < -0.39 is 53.8 Å². The number of rotatable bonds is 8. The molecule has 0 aromatic heterocycles. The fourth-order valence-electron chi connectivity index (χ4n) is 0.808. The van der Waals surface area contributed by atoms with Gasteiger partial charge in [0, 0.05) is 6.42 Å². The van der Waals surface area contributed by atoms with Crippen LogP contribution in [0.4, 0.5) is 17.6 Å². The molecule has 0 rings (SSSR count). The highest BCUT2D eigenvalue weighted by atomic mass is 19.4. The van der Waals surface area contributed by atoms with E-state index in [0.717, 1.165) is 0 Å². The Morgan fingerprint density at radius 3 is 2.05 bits per heavy atom. The Kier molecular flexibility index (Phi) is 6.37. The van der Waals surface area contributed by atoms with E-state index in [4.69, 9.17) is 5.11 Å². The van der Waals surface area contributed by atoms with Crippen molar-refractivity contribution < 1.29 is 46.8 Å². The molecule has 21 heavy (non-hydrogen) atoms. The number of carbonyl (C=O) groups excluding carboxylic acids is 1. The van der Waals surface area contributed by atoms with Crippen molar-refractivity contribution in [1.29, 1.82) is 0 Å². The number of nitro groups is 2. The minimum Gasteiger partial charge on any atom is -0.429 e. The van der Waals surface area contributed by atoms with Crippen LogP contribution in [0.2, 0.25) is 0 Å². The predicted octanol–water partition coefficient (Wildman–Crippen LogP) is -0.00630. The maximum absolute atomic E-state index is 13.1. The van der Waals surface area contributed by atoms with Crippen LogP contribution in [0.3, 0.4) is 0 Å². The molecule has 1 atom stereocenters. The molecule has 0 amide bonds. The monoisotopic (exact) mass is 324 g/mol. The summed E-state index contributed by atoms with van der Waals surface area (Å²) in [5.41, 5.74) is 0. The number of hydrogen-bond acceptors (Lipinski definition) is 8. The van der Waals surface area contributed by atoms with Gasteiger partial charge in [-0.05, 0) is 0 Å². The molecule has 1 unspecified atom stereocenters. The number of esters is 1. The highest BCUT2D eigenvalue weighted by Gasteiger charge is 2.58. The van der Waals surface area contributed by atoms with E-state index in [2.05, 4.69) is 9.47 Å². The highest BCUT2D eigenvalue weighted by Crippen LogP contribution is 2.18. The van der Waals surface area contributed by atoms with E-state index >= 15 is 0 Å². The number of ether oxygens (including phenoxy) is 2. The lowest BCUT2D eigenvalue weighted by Crippen LogP contribution is -2.46. The van der Waals surface area contributed by atoms with Crippen molar-refractivity contribution >= 4 is 5.97 Å². The van der Waals surface area contributed by atoms with E-state index in [1.54, 1.807) is 0 Å². The summed E-state index contributed by atoms with van der Waals surface area (Å²) >= 11 is 0. The van der Waals surface area contributed by atoms with Crippen molar-refractivity contribution in [2.24, 2.45) is 0 Å². The summed E-state index contributed by atoms with van der Waals surface area (Å²) in [5, 5.41) is 29.1. The van der Waals surface area contributed by atoms with Gasteiger partial charge in [-0.2, -0.15) is 13.2 Å². The molecule has 0 spiro atoms. The fourth-order valence-corrected chi connectivity index (χ4v) is 0.808. The van der Waals surface area contributed by atoms with Crippen LogP contribution in [0.25, 0.3) is 0 Å². The molecule has 0 fully saturated rings. The Balaban J connectivity index is 4.19. The third kappa shape index (κ3) is 5.82. The molecule has 0 bridgehead atoms. The van der Waals surface area contributed by atoms with Gasteiger partial charge >= 0.3 is 18.1 Å². The topological polar surface area (TPSA) is 142 Å². The normalized spacial score (nSPS) is 13.6. The zero-order valence-corrected chi connectivity index (χ0v) is 9.91. The van der Waals surface area contributed by atoms with Crippen molar-refractivity contribution in [2.45, 2.75) is 24.8 Å². The van der Waals surface area contributed by atoms with Crippen molar-refractivity contribution in [3.63, 3.8) is 0 Å². The van der Waals surface area contributed by atoms with Crippen molar-refractivity contribution in [3.8, 4) is 0 Å². The molecule has 0 aliphatic heterocycles. The van der Waals surface area contributed by atoms with Gasteiger partial charge in [-0.1, -0.05) is 4.39 Å². The first-order chi connectivity index (χ1) is 9.41. The Morgan fingerprint density at radius 2 is 1.67 bits per heavy atom. The fraction of sp³-hybridized carbons (Fsp3) is 0.857. The maximum atomic E-state index is 13.1. The smallest absolute Gasteiger partial charge is 0.429 e. The zero-order chi connectivity index (χ0) is 16.8. The van der Waals surface area contributed by atoms with E-state index in [9.17, 15) is 42.6 Å². The SMILES string of the molecule is O=C(OC(O)CCOCC(F)([N+](=O)[O-])[N+](=O)[O-])C(F)(F)F. The van der Waals surface area contributed by atoms with Crippen LogP contribution in [0.1, 0.15) is 6.42 Å². The number of carbonyl (C=O) groups is 1. The molecule has 0 aliphatic rings. The molecule has 0 radical (unpaired) electrons. The Morgan fingerprint density at radius 1 is 1.19 bits per heavy atom. The Labute approximate surface area is 112 Å². The third-order valence-electron chi connectivity index (χ3n) is 1.83. The molecule has 0 aliphatic carbocycles. The van der Waals surface area contributed by atoms with Gasteiger partial charge in [-0.15, -0.1) is 0 Å². The van der Waals surface area contributed by atoms with Crippen molar-refractivity contribution in [1.82, 2.24) is 0 Å². The average molecular weight is 324 g/mol. The lowest BCUT2D eigenvalue weighted by Gasteiger charge is -2.13. The van der Waals surface area contributed by atoms with Crippen LogP contribution in [0.5, 0.6) is 0 Å². The van der Waals surface area contributed by atoms with E-state index in [1.165, 1.54) is 0 Å². The van der Waals surface area contributed by atoms with E-state index in [0.29, 0.717) is 0 Å². The number of aliphatic hydroxyl groups is 1. The van der Waals surface area contributed by atoms with Gasteiger partial charge in [0.05, 0.1) is 6.61 Å². The maximum Gasteiger partial charge on any atom is 0.637 e. The standard InChI is InChI=1S/C7H8F4N2O8/c8-6(12(16)17,13(18)19)3-20-2-1-4(14)21-5(15)7(9,10)11/h4,14H,1-3H2. The molecule has 0 saturated carbocycles. The predicted molar refractivity (Wildman–Crippen MR) is 51.4 cm³/mol. The first-order valence-corrected chi connectivity index (χ1v) is 4.92. The number of nitrogens with zero attached hydrogens (tertiary/aromatic N) is 2. The second-order valence-corrected chi connectivity index (χ2v) is 3.43. The van der Waals surface area contributed by atoms with Gasteiger partial charge in [0.15, 0.2) is 0 Å². The van der Waals surface area contributed by atoms with Gasteiger partial charge in [0.1, 0.15) is 9.85 Å². The minimum absolute atomic E-state index is 0.812. The average Bonchev–Trinajstić information content (AvgIpc) is 2.32. The summed E-state index contributed by atoms with van der Waals surface area (Å²) in [5.74, 6) is -6.82. The van der Waals surface area contributed by atoms with Crippen LogP contribution in [0, 0.1) is 20.2 Å². The van der Waals surface area contributed by atoms with Crippen molar-refractivity contribution in [3.05, 3.63) is 20.2 Å². The van der Waals surface area contributed by atoms with E-state index in [1.807, 2.05) is 0 Å². The molecular weight excluding hydrogens is 316 g/mol. The summed E-state index contributed by atoms with van der Waals surface area (Å²) in [4.78, 5) is 26.7. The lowest BCUT2D eigenvalue weighted by molar-refractivity contribution is -0.833. The number of halogens is 4. The summed E-state index contributed by atoms with van der Waals surface area (Å²) in [7, 11) is 0. The molecular formula is C7H8F4N2O8. The lowest BCUT2D eigenvalue weighted by atomic mass is 10.4. The van der Waals surface area contributed by atoms with Crippen molar-refractivity contribution in [2.75, 3.05) is 13.2 Å². The molecule has 14 heteroatoms. The quantitative estimate of drug-likeness (QED) is 0.125. The van der Waals surface area contributed by atoms with Gasteiger partial charge in [0.2, 0.25) is 12.9 Å². The van der Waals surface area contributed by atoms with Crippen LogP contribution in [-0.2, 0) is 14.3 Å². The molecule has 10 nitrogen and oxygen atoms in total. The largest absolute Gasteiger partial charge is 0.637 e. The van der Waals surface area contributed by atoms with Gasteiger partial charge in [-0.25, -0.2) is 4.79 Å². The molecule has 0 saturated heterocycles. The minimum atomic E-state index is -5.34. The Hall–Kier alpha value is -2.09. The highest BCUT2D eigenvalue weighted by molar-refractivity contribution is 5.75. The van der Waals surface area contributed by atoms with Crippen LogP contribution in [-0.4, -0.2) is 52.5 Å². The third-order valence-corrected chi connectivity index (χ3v) is 1.83. The number of hydrogen-bond donors (Lipinski definition) is 1. The first kappa shape index (κ1) is 18.9. The van der Waals surface area contributed by atoms with Crippen LogP contribution >= 0.6 is 0 Å². The zero-order valence-electron chi connectivity index (χ0n) is 9.91. The number of aliphatic hydroxyl groups excluding tert-OH is 1. The number of alkyl halides is 4. The van der Waals surface area contributed by atoms with Crippen LogP contribution in [0.15, 0.2) is 0 Å². The summed E-state index contributed by atoms with van der Waals surface area (Å²) in [6.45, 7) is -2.48. The molecule has 1 N–H and O–H groups in total. The molecule has 0 heterocycles. The van der Waals surface area contributed by atoms with Gasteiger partial charge < -0.3 is 14.6 Å². The first-order valence-electron chi connectivity index (χ1n) is 4.92. The summed E-state index contributed by atoms with van der Waals surface area (Å²) in [6.07, 6.45) is -8.43. The summed E-state index contributed by atoms with van der Waals surface area (Å²) in [6, 6.07) is 0. The van der Waals surface area contributed by atoms with Gasteiger partial charge in [-0.3, -0.25) is 20.2 Å². The molecule has 0 aromatic carbocycles. The van der Waals surface area contributed by atoms with E-state index in [-0.39, 0.29) is 0 Å².